The molecule has 2 aromatic rings. The number of hydrogen-bond acceptors (Lipinski definition) is 4. The first kappa shape index (κ1) is 24.5. The van der Waals surface area contributed by atoms with Crippen molar-refractivity contribution in [2.24, 2.45) is 11.8 Å². The van der Waals surface area contributed by atoms with E-state index in [4.69, 9.17) is 4.98 Å². The molecule has 1 aromatic carbocycles. The number of nitrogens with one attached hydrogen (secondary N) is 1. The standard InChI is InChI=1S/C28H40N4O2/c1-19-14-20(2)18-32(17-19)26-15-21(3)24-16-22(10-11-25(24)30-26)29-27(33)12-13-28(34)31(4)23-8-6-5-7-9-23/h10-11,15-16,19-20,23H,5-9,12-14,17-18H2,1-4H3,(H,29,33)/t19-,20-/m1/s1. The van der Waals surface area contributed by atoms with Crippen LogP contribution >= 0.6 is 0 Å². The molecule has 0 spiro atoms. The average Bonchev–Trinajstić information content (AvgIpc) is 2.82. The van der Waals surface area contributed by atoms with Crippen LogP contribution in [0.2, 0.25) is 0 Å². The number of rotatable bonds is 6. The Morgan fingerprint density at radius 1 is 1.06 bits per heavy atom. The number of fused-ring (bicyclic) bond motifs is 1. The number of hydrogen-bond donors (Lipinski definition) is 1. The Hall–Kier alpha value is -2.63. The van der Waals surface area contributed by atoms with E-state index in [9.17, 15) is 9.59 Å². The van der Waals surface area contributed by atoms with Gasteiger partial charge in [0.25, 0.3) is 0 Å². The smallest absolute Gasteiger partial charge is 0.224 e. The van der Waals surface area contributed by atoms with Gasteiger partial charge in [0.05, 0.1) is 5.52 Å². The van der Waals surface area contributed by atoms with Gasteiger partial charge in [-0.25, -0.2) is 4.98 Å². The monoisotopic (exact) mass is 464 g/mol. The van der Waals surface area contributed by atoms with E-state index in [0.29, 0.717) is 17.9 Å². The summed E-state index contributed by atoms with van der Waals surface area (Å²) in [4.78, 5) is 34.3. The van der Waals surface area contributed by atoms with Crippen LogP contribution in [0.5, 0.6) is 0 Å². The zero-order valence-corrected chi connectivity index (χ0v) is 21.3. The summed E-state index contributed by atoms with van der Waals surface area (Å²) in [5, 5.41) is 4.03. The summed E-state index contributed by atoms with van der Waals surface area (Å²) < 4.78 is 0. The molecule has 1 saturated carbocycles. The van der Waals surface area contributed by atoms with E-state index >= 15 is 0 Å². The van der Waals surface area contributed by atoms with Gasteiger partial charge in [0.2, 0.25) is 11.8 Å². The third kappa shape index (κ3) is 5.89. The number of carbonyl (C=O) groups excluding carboxylic acids is 2. The molecule has 2 heterocycles. The summed E-state index contributed by atoms with van der Waals surface area (Å²) in [7, 11) is 1.88. The topological polar surface area (TPSA) is 65.5 Å². The predicted molar refractivity (Wildman–Crippen MR) is 139 cm³/mol. The van der Waals surface area contributed by atoms with Crippen LogP contribution in [0.25, 0.3) is 10.9 Å². The lowest BCUT2D eigenvalue weighted by atomic mass is 9.92. The van der Waals surface area contributed by atoms with Crippen molar-refractivity contribution in [2.75, 3.05) is 30.4 Å². The van der Waals surface area contributed by atoms with Crippen molar-refractivity contribution in [1.29, 1.82) is 0 Å². The average molecular weight is 465 g/mol. The fourth-order valence-corrected chi connectivity index (χ4v) is 5.76. The van der Waals surface area contributed by atoms with Gasteiger partial charge in [-0.1, -0.05) is 33.1 Å². The fraction of sp³-hybridized carbons (Fsp3) is 0.607. The van der Waals surface area contributed by atoms with Crippen LogP contribution in [-0.4, -0.2) is 47.9 Å². The molecule has 2 aliphatic rings. The summed E-state index contributed by atoms with van der Waals surface area (Å²) in [5.74, 6) is 2.33. The van der Waals surface area contributed by atoms with Gasteiger partial charge in [-0.15, -0.1) is 0 Å². The highest BCUT2D eigenvalue weighted by atomic mass is 16.2. The van der Waals surface area contributed by atoms with Crippen molar-refractivity contribution in [3.05, 3.63) is 29.8 Å². The number of aromatic nitrogens is 1. The fourth-order valence-electron chi connectivity index (χ4n) is 5.76. The Morgan fingerprint density at radius 2 is 1.76 bits per heavy atom. The minimum atomic E-state index is -0.122. The molecule has 4 rings (SSSR count). The molecular weight excluding hydrogens is 424 g/mol. The second-order valence-electron chi connectivity index (χ2n) is 10.7. The quantitative estimate of drug-likeness (QED) is 0.610. The van der Waals surface area contributed by atoms with Crippen LogP contribution in [-0.2, 0) is 9.59 Å². The highest BCUT2D eigenvalue weighted by molar-refractivity contribution is 5.96. The lowest BCUT2D eigenvalue weighted by Crippen LogP contribution is -2.39. The highest BCUT2D eigenvalue weighted by Crippen LogP contribution is 2.29. The van der Waals surface area contributed by atoms with Gasteiger partial charge >= 0.3 is 0 Å². The van der Waals surface area contributed by atoms with Gasteiger partial charge in [0, 0.05) is 50.1 Å². The van der Waals surface area contributed by atoms with Gasteiger partial charge in [-0.2, -0.15) is 0 Å². The molecule has 34 heavy (non-hydrogen) atoms. The first-order valence-electron chi connectivity index (χ1n) is 13.0. The van der Waals surface area contributed by atoms with E-state index < -0.39 is 0 Å². The second-order valence-corrected chi connectivity index (χ2v) is 10.7. The molecule has 1 aromatic heterocycles. The number of piperidine rings is 1. The molecule has 1 N–H and O–H groups in total. The van der Waals surface area contributed by atoms with Crippen molar-refractivity contribution >= 4 is 34.2 Å². The lowest BCUT2D eigenvalue weighted by Gasteiger charge is -2.36. The number of nitrogens with zero attached hydrogens (tertiary/aromatic N) is 3. The maximum atomic E-state index is 12.6. The van der Waals surface area contributed by atoms with Crippen molar-refractivity contribution in [1.82, 2.24) is 9.88 Å². The van der Waals surface area contributed by atoms with Gasteiger partial charge < -0.3 is 15.1 Å². The van der Waals surface area contributed by atoms with Crippen LogP contribution in [0.4, 0.5) is 11.5 Å². The molecule has 0 bridgehead atoms. The van der Waals surface area contributed by atoms with Crippen LogP contribution in [0.1, 0.15) is 70.8 Å². The van der Waals surface area contributed by atoms with E-state index in [1.54, 1.807) is 0 Å². The van der Waals surface area contributed by atoms with E-state index in [1.807, 2.05) is 30.1 Å². The van der Waals surface area contributed by atoms with E-state index in [0.717, 1.165) is 53.9 Å². The van der Waals surface area contributed by atoms with Crippen LogP contribution < -0.4 is 10.2 Å². The normalized spacial score (nSPS) is 21.5. The number of pyridine rings is 1. The minimum Gasteiger partial charge on any atom is -0.356 e. The molecule has 6 heteroatoms. The Morgan fingerprint density at radius 3 is 2.47 bits per heavy atom. The number of benzene rings is 1. The number of amides is 2. The first-order valence-corrected chi connectivity index (χ1v) is 13.0. The zero-order valence-electron chi connectivity index (χ0n) is 21.3. The Kier molecular flexibility index (Phi) is 7.74. The zero-order chi connectivity index (χ0) is 24.2. The molecule has 1 saturated heterocycles. The highest BCUT2D eigenvalue weighted by Gasteiger charge is 2.24. The molecule has 2 fully saturated rings. The SMILES string of the molecule is Cc1cc(N2C[C@H](C)C[C@@H](C)C2)nc2ccc(NC(=O)CCC(=O)N(C)C3CCCCC3)cc12. The first-order chi connectivity index (χ1) is 16.3. The molecule has 6 nitrogen and oxygen atoms in total. The summed E-state index contributed by atoms with van der Waals surface area (Å²) in [6.45, 7) is 8.83. The molecule has 184 valence electrons. The Bertz CT molecular complexity index is 1020. The van der Waals surface area contributed by atoms with Crippen LogP contribution in [0, 0.1) is 18.8 Å². The van der Waals surface area contributed by atoms with Gasteiger partial charge in [0.15, 0.2) is 0 Å². The lowest BCUT2D eigenvalue weighted by molar-refractivity contribution is -0.134. The van der Waals surface area contributed by atoms with Crippen molar-refractivity contribution in [3.8, 4) is 0 Å². The van der Waals surface area contributed by atoms with Crippen molar-refractivity contribution in [2.45, 2.75) is 78.2 Å². The third-order valence-electron chi connectivity index (χ3n) is 7.56. The summed E-state index contributed by atoms with van der Waals surface area (Å²) in [6.07, 6.45) is 7.53. The van der Waals surface area contributed by atoms with Gasteiger partial charge in [-0.05, 0) is 67.9 Å². The van der Waals surface area contributed by atoms with Gasteiger partial charge in [0.1, 0.15) is 5.82 Å². The Labute approximate surface area is 204 Å². The molecule has 1 aliphatic heterocycles. The molecule has 2 amide bonds. The summed E-state index contributed by atoms with van der Waals surface area (Å²) >= 11 is 0. The molecule has 1 aliphatic carbocycles. The number of anilines is 2. The van der Waals surface area contributed by atoms with Crippen LogP contribution in [0.15, 0.2) is 24.3 Å². The second kappa shape index (κ2) is 10.7. The predicted octanol–water partition coefficient (Wildman–Crippen LogP) is 5.54. The Balaban J connectivity index is 1.37. The third-order valence-corrected chi connectivity index (χ3v) is 7.56. The van der Waals surface area contributed by atoms with E-state index in [2.05, 4.69) is 37.1 Å². The van der Waals surface area contributed by atoms with Crippen molar-refractivity contribution in [3.63, 3.8) is 0 Å². The van der Waals surface area contributed by atoms with E-state index in [-0.39, 0.29) is 24.7 Å². The molecule has 2 atom stereocenters. The maximum absolute atomic E-state index is 12.6. The summed E-state index contributed by atoms with van der Waals surface area (Å²) in [6, 6.07) is 8.39. The molecule has 0 unspecified atom stereocenters. The largest absolute Gasteiger partial charge is 0.356 e. The number of carbonyl (C=O) groups is 2. The van der Waals surface area contributed by atoms with Gasteiger partial charge in [-0.3, -0.25) is 9.59 Å². The van der Waals surface area contributed by atoms with E-state index in [1.165, 1.54) is 25.7 Å². The molecular formula is C28H40N4O2. The summed E-state index contributed by atoms with van der Waals surface area (Å²) in [5.41, 5.74) is 2.86. The number of aryl methyl sites for hydroxylation is 1. The maximum Gasteiger partial charge on any atom is 0.224 e. The minimum absolute atomic E-state index is 0.0643. The van der Waals surface area contributed by atoms with Crippen molar-refractivity contribution < 1.29 is 9.59 Å². The van der Waals surface area contributed by atoms with Crippen LogP contribution in [0.3, 0.4) is 0 Å². The molecule has 0 radical (unpaired) electrons.